The molecule has 0 aromatic heterocycles. The van der Waals surface area contributed by atoms with E-state index in [0.717, 1.165) is 25.0 Å². The van der Waals surface area contributed by atoms with Crippen LogP contribution in [0, 0.1) is 12.7 Å². The molecule has 1 heterocycles. The molecule has 2 unspecified atom stereocenters. The summed E-state index contributed by atoms with van der Waals surface area (Å²) < 4.78 is 18.7. The van der Waals surface area contributed by atoms with E-state index in [4.69, 9.17) is 4.74 Å². The van der Waals surface area contributed by atoms with Gasteiger partial charge in [-0.3, -0.25) is 0 Å². The lowest BCUT2D eigenvalue weighted by Gasteiger charge is -2.17. The SMILES string of the molecule is Cc1cc(C(Br)C2CCCO2)ccc1F. The minimum Gasteiger partial charge on any atom is -0.377 e. The van der Waals surface area contributed by atoms with Gasteiger partial charge in [-0.25, -0.2) is 4.39 Å². The summed E-state index contributed by atoms with van der Waals surface area (Å²) in [5.41, 5.74) is 1.79. The molecule has 0 spiro atoms. The van der Waals surface area contributed by atoms with Crippen LogP contribution < -0.4 is 0 Å². The molecule has 1 aromatic carbocycles. The number of benzene rings is 1. The summed E-state index contributed by atoms with van der Waals surface area (Å²) in [6.07, 6.45) is 2.43. The monoisotopic (exact) mass is 272 g/mol. The van der Waals surface area contributed by atoms with Gasteiger partial charge in [0, 0.05) is 6.61 Å². The highest BCUT2D eigenvalue weighted by atomic mass is 79.9. The third-order valence-corrected chi connectivity index (χ3v) is 3.91. The zero-order chi connectivity index (χ0) is 10.8. The quantitative estimate of drug-likeness (QED) is 0.746. The Morgan fingerprint density at radius 3 is 2.93 bits per heavy atom. The van der Waals surface area contributed by atoms with E-state index in [0.29, 0.717) is 5.56 Å². The zero-order valence-electron chi connectivity index (χ0n) is 8.67. The van der Waals surface area contributed by atoms with Gasteiger partial charge < -0.3 is 4.74 Å². The Kier molecular flexibility index (Phi) is 3.42. The third-order valence-electron chi connectivity index (χ3n) is 2.79. The minimum atomic E-state index is -0.147. The molecule has 0 aliphatic carbocycles. The lowest BCUT2D eigenvalue weighted by atomic mass is 10.0. The number of halogens is 2. The molecule has 1 saturated heterocycles. The van der Waals surface area contributed by atoms with Crippen LogP contribution in [-0.4, -0.2) is 12.7 Å². The van der Waals surface area contributed by atoms with Crippen molar-refractivity contribution in [1.82, 2.24) is 0 Å². The summed E-state index contributed by atoms with van der Waals surface area (Å²) in [4.78, 5) is 0.180. The molecule has 2 rings (SSSR count). The fourth-order valence-corrected chi connectivity index (χ4v) is 2.59. The van der Waals surface area contributed by atoms with Crippen LogP contribution in [0.2, 0.25) is 0 Å². The van der Waals surface area contributed by atoms with Crippen LogP contribution in [0.4, 0.5) is 4.39 Å². The van der Waals surface area contributed by atoms with Crippen molar-refractivity contribution in [2.24, 2.45) is 0 Å². The van der Waals surface area contributed by atoms with Gasteiger partial charge in [0.15, 0.2) is 0 Å². The maximum Gasteiger partial charge on any atom is 0.126 e. The second-order valence-corrected chi connectivity index (χ2v) is 4.95. The smallest absolute Gasteiger partial charge is 0.126 e. The summed E-state index contributed by atoms with van der Waals surface area (Å²) in [6, 6.07) is 5.23. The summed E-state index contributed by atoms with van der Waals surface area (Å²) in [6.45, 7) is 2.63. The maximum absolute atomic E-state index is 13.1. The van der Waals surface area contributed by atoms with Gasteiger partial charge in [-0.1, -0.05) is 28.1 Å². The number of aryl methyl sites for hydroxylation is 1. The molecule has 0 bridgehead atoms. The second kappa shape index (κ2) is 4.62. The van der Waals surface area contributed by atoms with Gasteiger partial charge in [-0.2, -0.15) is 0 Å². The molecule has 1 aliphatic rings. The third kappa shape index (κ3) is 2.40. The van der Waals surface area contributed by atoms with Crippen LogP contribution in [0.25, 0.3) is 0 Å². The summed E-state index contributed by atoms with van der Waals surface area (Å²) in [5, 5.41) is 0. The van der Waals surface area contributed by atoms with Crippen molar-refractivity contribution in [2.75, 3.05) is 6.61 Å². The Morgan fingerprint density at radius 2 is 2.33 bits per heavy atom. The van der Waals surface area contributed by atoms with Crippen LogP contribution >= 0.6 is 15.9 Å². The van der Waals surface area contributed by atoms with Crippen LogP contribution in [0.15, 0.2) is 18.2 Å². The standard InChI is InChI=1S/C12H14BrFO/c1-8-7-9(4-5-10(8)14)12(13)11-3-2-6-15-11/h4-5,7,11-12H,2-3,6H2,1H3. The van der Waals surface area contributed by atoms with Crippen LogP contribution in [-0.2, 0) is 4.74 Å². The molecule has 3 heteroatoms. The van der Waals surface area contributed by atoms with Crippen molar-refractivity contribution in [3.05, 3.63) is 35.1 Å². The first-order valence-electron chi connectivity index (χ1n) is 5.20. The highest BCUT2D eigenvalue weighted by Gasteiger charge is 2.25. The van der Waals surface area contributed by atoms with E-state index in [1.54, 1.807) is 6.92 Å². The molecular formula is C12H14BrFO. The Morgan fingerprint density at radius 1 is 1.53 bits per heavy atom. The predicted molar refractivity (Wildman–Crippen MR) is 61.8 cm³/mol. The summed E-state index contributed by atoms with van der Waals surface area (Å²) >= 11 is 3.62. The largest absolute Gasteiger partial charge is 0.377 e. The molecule has 0 saturated carbocycles. The highest BCUT2D eigenvalue weighted by molar-refractivity contribution is 9.09. The Labute approximate surface area is 97.8 Å². The molecule has 1 aliphatic heterocycles. The Bertz CT molecular complexity index is 347. The number of ether oxygens (including phenoxy) is 1. The molecule has 2 atom stereocenters. The lowest BCUT2D eigenvalue weighted by Crippen LogP contribution is -2.12. The van der Waals surface area contributed by atoms with Crippen LogP contribution in [0.5, 0.6) is 0 Å². The van der Waals surface area contributed by atoms with Crippen molar-refractivity contribution in [3.63, 3.8) is 0 Å². The van der Waals surface area contributed by atoms with Gasteiger partial charge in [0.25, 0.3) is 0 Å². The number of hydrogen-bond acceptors (Lipinski definition) is 1. The summed E-state index contributed by atoms with van der Waals surface area (Å²) in [5.74, 6) is -0.147. The van der Waals surface area contributed by atoms with Crippen molar-refractivity contribution in [2.45, 2.75) is 30.7 Å². The van der Waals surface area contributed by atoms with Crippen LogP contribution in [0.3, 0.4) is 0 Å². The van der Waals surface area contributed by atoms with Gasteiger partial charge in [0.2, 0.25) is 0 Å². The molecule has 0 N–H and O–H groups in total. The molecule has 15 heavy (non-hydrogen) atoms. The van der Waals surface area contributed by atoms with Crippen molar-refractivity contribution < 1.29 is 9.13 Å². The van der Waals surface area contributed by atoms with Crippen molar-refractivity contribution in [1.29, 1.82) is 0 Å². The molecule has 1 fully saturated rings. The highest BCUT2D eigenvalue weighted by Crippen LogP contribution is 2.34. The first-order valence-corrected chi connectivity index (χ1v) is 6.12. The molecular weight excluding hydrogens is 259 g/mol. The van der Waals surface area contributed by atoms with E-state index in [9.17, 15) is 4.39 Å². The van der Waals surface area contributed by atoms with Crippen molar-refractivity contribution in [3.8, 4) is 0 Å². The second-order valence-electron chi connectivity index (χ2n) is 3.96. The fourth-order valence-electron chi connectivity index (χ4n) is 1.89. The normalized spacial score (nSPS) is 23.0. The molecule has 0 amide bonds. The van der Waals surface area contributed by atoms with E-state index < -0.39 is 0 Å². The van der Waals surface area contributed by atoms with Gasteiger partial charge >= 0.3 is 0 Å². The topological polar surface area (TPSA) is 9.23 Å². The first-order chi connectivity index (χ1) is 7.18. The molecule has 1 aromatic rings. The van der Waals surface area contributed by atoms with Gasteiger partial charge in [-0.15, -0.1) is 0 Å². The first kappa shape index (κ1) is 11.1. The van der Waals surface area contributed by atoms with E-state index in [1.165, 1.54) is 6.07 Å². The Balaban J connectivity index is 2.17. The minimum absolute atomic E-state index is 0.147. The number of alkyl halides is 1. The zero-order valence-corrected chi connectivity index (χ0v) is 10.3. The van der Waals surface area contributed by atoms with Crippen molar-refractivity contribution >= 4 is 15.9 Å². The maximum atomic E-state index is 13.1. The van der Waals surface area contributed by atoms with E-state index in [1.807, 2.05) is 12.1 Å². The average molecular weight is 273 g/mol. The molecule has 0 radical (unpaired) electrons. The number of rotatable bonds is 2. The average Bonchev–Trinajstić information content (AvgIpc) is 2.74. The molecule has 1 nitrogen and oxygen atoms in total. The van der Waals surface area contributed by atoms with E-state index in [2.05, 4.69) is 15.9 Å². The Hall–Kier alpha value is -0.410. The van der Waals surface area contributed by atoms with Gasteiger partial charge in [0.05, 0.1) is 10.9 Å². The van der Waals surface area contributed by atoms with E-state index >= 15 is 0 Å². The van der Waals surface area contributed by atoms with Crippen LogP contribution in [0.1, 0.15) is 28.8 Å². The molecule has 82 valence electrons. The summed E-state index contributed by atoms with van der Waals surface area (Å²) in [7, 11) is 0. The predicted octanol–water partition coefficient (Wildman–Crippen LogP) is 3.75. The number of hydrogen-bond donors (Lipinski definition) is 0. The van der Waals surface area contributed by atoms with Gasteiger partial charge in [0.1, 0.15) is 5.82 Å². The van der Waals surface area contributed by atoms with E-state index in [-0.39, 0.29) is 16.7 Å². The lowest BCUT2D eigenvalue weighted by molar-refractivity contribution is 0.110. The van der Waals surface area contributed by atoms with Gasteiger partial charge in [-0.05, 0) is 37.0 Å². The fraction of sp³-hybridized carbons (Fsp3) is 0.500.